The van der Waals surface area contributed by atoms with Gasteiger partial charge in [-0.05, 0) is 46.9 Å². The minimum atomic E-state index is -2.07. The molecule has 0 bridgehead atoms. The summed E-state index contributed by atoms with van der Waals surface area (Å²) in [5.74, 6) is 0.824. The van der Waals surface area contributed by atoms with Gasteiger partial charge >= 0.3 is 0 Å². The van der Waals surface area contributed by atoms with Crippen LogP contribution in [0.2, 0.25) is 0 Å². The maximum Gasteiger partial charge on any atom is 0.199 e. The predicted molar refractivity (Wildman–Crippen MR) is 92.5 cm³/mol. The van der Waals surface area contributed by atoms with Gasteiger partial charge in [-0.3, -0.25) is 4.78 Å². The van der Waals surface area contributed by atoms with E-state index < -0.39 is 10.6 Å². The van der Waals surface area contributed by atoms with E-state index in [0.717, 1.165) is 3.58 Å². The van der Waals surface area contributed by atoms with Gasteiger partial charge in [0.15, 0.2) is 5.96 Å². The molecule has 8 heteroatoms. The van der Waals surface area contributed by atoms with E-state index in [0.29, 0.717) is 16.4 Å². The summed E-state index contributed by atoms with van der Waals surface area (Å²) in [6.45, 7) is 3.67. The maximum atomic E-state index is 11.0. The summed E-state index contributed by atoms with van der Waals surface area (Å²) in [4.78, 5) is 4.67. The highest BCUT2D eigenvalue weighted by atomic mass is 127. The Bertz CT molecular complexity index is 611. The van der Waals surface area contributed by atoms with Crippen LogP contribution in [-0.4, -0.2) is 17.2 Å². The molecule has 1 unspecified atom stereocenters. The third-order valence-electron chi connectivity index (χ3n) is 2.25. The van der Waals surface area contributed by atoms with Crippen LogP contribution in [0.1, 0.15) is 0 Å². The van der Waals surface area contributed by atoms with Gasteiger partial charge in [0, 0.05) is 17.6 Å². The highest BCUT2D eigenvalue weighted by Crippen LogP contribution is 2.13. The Labute approximate surface area is 133 Å². The fraction of sp³-hybridized carbons (Fsp3) is 0.0833. The molecule has 0 saturated carbocycles. The SMILES string of the molecule is C=C/C(I)=C(\N=C(/N)Nc1ccc([SH](=N)=O)cc1)NC. The van der Waals surface area contributed by atoms with Crippen LogP contribution in [0.4, 0.5) is 5.69 Å². The molecule has 1 rings (SSSR count). The minimum absolute atomic E-state index is 0.216. The zero-order chi connectivity index (χ0) is 15.1. The molecule has 1 aromatic carbocycles. The lowest BCUT2D eigenvalue weighted by molar-refractivity contribution is 0.687. The summed E-state index contributed by atoms with van der Waals surface area (Å²) in [6, 6.07) is 6.62. The molecule has 0 fully saturated rings. The van der Waals surface area contributed by atoms with E-state index in [2.05, 4.69) is 44.8 Å². The lowest BCUT2D eigenvalue weighted by Gasteiger charge is -2.08. The highest BCUT2D eigenvalue weighted by Gasteiger charge is 2.00. The number of hydrogen-bond donors (Lipinski definition) is 5. The van der Waals surface area contributed by atoms with Gasteiger partial charge < -0.3 is 16.4 Å². The average Bonchev–Trinajstić information content (AvgIpc) is 2.44. The Morgan fingerprint density at radius 2 is 2.10 bits per heavy atom. The Kier molecular flexibility index (Phi) is 6.52. The number of anilines is 1. The first-order chi connectivity index (χ1) is 9.47. The zero-order valence-electron chi connectivity index (χ0n) is 10.9. The number of benzene rings is 1. The number of guanidine groups is 1. The normalized spacial score (nSPS) is 14.2. The second-order valence-corrected chi connectivity index (χ2v) is 5.88. The number of nitrogens with zero attached hydrogens (tertiary/aromatic N) is 1. The van der Waals surface area contributed by atoms with Crippen LogP contribution in [-0.2, 0) is 10.6 Å². The lowest BCUT2D eigenvalue weighted by Crippen LogP contribution is -2.24. The predicted octanol–water partition coefficient (Wildman–Crippen LogP) is 2.02. The van der Waals surface area contributed by atoms with Crippen molar-refractivity contribution in [1.29, 1.82) is 4.78 Å². The van der Waals surface area contributed by atoms with Gasteiger partial charge in [-0.1, -0.05) is 12.7 Å². The largest absolute Gasteiger partial charge is 0.372 e. The minimum Gasteiger partial charge on any atom is -0.372 e. The van der Waals surface area contributed by atoms with Crippen molar-refractivity contribution >= 4 is 44.8 Å². The van der Waals surface area contributed by atoms with Crippen LogP contribution >= 0.6 is 22.6 Å². The standard InChI is InChI=1S/C12H16IN5OS/c1-3-10(13)11(16-2)18-12(14)17-8-4-6-9(7-5-8)20(15)19/h3-7,15-16,20H,1H2,2H3,(H3,14,17,18)/b11-10+. The molecular weight excluding hydrogens is 389 g/mol. The first-order valence-electron chi connectivity index (χ1n) is 5.57. The van der Waals surface area contributed by atoms with Crippen LogP contribution in [0.15, 0.2) is 56.2 Å². The number of aliphatic imine (C=N–C) groups is 1. The first kappa shape index (κ1) is 16.5. The second kappa shape index (κ2) is 7.90. The number of nitrogens with one attached hydrogen (secondary N) is 3. The van der Waals surface area contributed by atoms with E-state index in [-0.39, 0.29) is 5.96 Å². The molecule has 5 N–H and O–H groups in total. The van der Waals surface area contributed by atoms with Gasteiger partial charge in [0.1, 0.15) is 5.82 Å². The van der Waals surface area contributed by atoms with Crippen molar-refractivity contribution in [3.05, 3.63) is 46.3 Å². The number of halogens is 1. The molecule has 1 aromatic rings. The molecule has 0 heterocycles. The molecule has 0 spiro atoms. The zero-order valence-corrected chi connectivity index (χ0v) is 13.9. The number of rotatable bonds is 5. The van der Waals surface area contributed by atoms with E-state index >= 15 is 0 Å². The molecule has 1 atom stereocenters. The first-order valence-corrected chi connectivity index (χ1v) is 7.91. The molecule has 6 nitrogen and oxygen atoms in total. The van der Waals surface area contributed by atoms with Crippen molar-refractivity contribution in [2.75, 3.05) is 12.4 Å². The van der Waals surface area contributed by atoms with E-state index in [1.165, 1.54) is 0 Å². The number of hydrogen-bond acceptors (Lipinski definition) is 4. The van der Waals surface area contributed by atoms with Gasteiger partial charge in [0.25, 0.3) is 0 Å². The second-order valence-electron chi connectivity index (χ2n) is 3.61. The monoisotopic (exact) mass is 405 g/mol. The lowest BCUT2D eigenvalue weighted by atomic mass is 10.3. The summed E-state index contributed by atoms with van der Waals surface area (Å²) >= 11 is 2.10. The molecule has 0 aromatic heterocycles. The molecule has 0 aliphatic rings. The van der Waals surface area contributed by atoms with Crippen molar-refractivity contribution in [3.63, 3.8) is 0 Å². The third kappa shape index (κ3) is 4.85. The molecular formula is C12H16IN5OS. The van der Waals surface area contributed by atoms with Gasteiger partial charge in [-0.2, -0.15) is 4.99 Å². The van der Waals surface area contributed by atoms with E-state index in [9.17, 15) is 4.21 Å². The summed E-state index contributed by atoms with van der Waals surface area (Å²) in [5.41, 5.74) is 6.51. The van der Waals surface area contributed by atoms with Crippen molar-refractivity contribution < 1.29 is 4.21 Å². The van der Waals surface area contributed by atoms with Crippen molar-refractivity contribution in [3.8, 4) is 0 Å². The van der Waals surface area contributed by atoms with E-state index in [1.807, 2.05) is 0 Å². The molecule has 108 valence electrons. The molecule has 0 saturated heterocycles. The average molecular weight is 405 g/mol. The smallest absolute Gasteiger partial charge is 0.199 e. The topological polar surface area (TPSA) is 103 Å². The van der Waals surface area contributed by atoms with Crippen molar-refractivity contribution in [2.45, 2.75) is 4.90 Å². The van der Waals surface area contributed by atoms with Gasteiger partial charge in [-0.15, -0.1) is 0 Å². The summed E-state index contributed by atoms with van der Waals surface area (Å²) < 4.78 is 19.0. The van der Waals surface area contributed by atoms with Crippen LogP contribution in [0, 0.1) is 4.78 Å². The fourth-order valence-electron chi connectivity index (χ4n) is 1.30. The summed E-state index contributed by atoms with van der Waals surface area (Å²) in [6.07, 6.45) is 1.67. The van der Waals surface area contributed by atoms with E-state index in [4.69, 9.17) is 10.5 Å². The van der Waals surface area contributed by atoms with Gasteiger partial charge in [0.2, 0.25) is 0 Å². The summed E-state index contributed by atoms with van der Waals surface area (Å²) in [7, 11) is -0.331. The van der Waals surface area contributed by atoms with Crippen LogP contribution in [0.25, 0.3) is 0 Å². The Hall–Kier alpha value is -1.55. The maximum absolute atomic E-state index is 11.0. The van der Waals surface area contributed by atoms with Gasteiger partial charge in [-0.25, -0.2) is 4.21 Å². The van der Waals surface area contributed by atoms with Gasteiger partial charge in [0.05, 0.1) is 14.2 Å². The van der Waals surface area contributed by atoms with E-state index in [1.54, 1.807) is 37.4 Å². The Morgan fingerprint density at radius 1 is 1.50 bits per heavy atom. The molecule has 0 aliphatic carbocycles. The molecule has 0 amide bonds. The number of thiol groups is 1. The molecule has 0 radical (unpaired) electrons. The number of nitrogens with two attached hydrogens (primary N) is 1. The van der Waals surface area contributed by atoms with Crippen LogP contribution < -0.4 is 16.4 Å². The third-order valence-corrected chi connectivity index (χ3v) is 3.97. The Morgan fingerprint density at radius 3 is 2.55 bits per heavy atom. The molecule has 0 aliphatic heterocycles. The van der Waals surface area contributed by atoms with Crippen molar-refractivity contribution in [2.24, 2.45) is 10.7 Å². The summed E-state index contributed by atoms with van der Waals surface area (Å²) in [5, 5.41) is 5.84. The number of allylic oxidation sites excluding steroid dienone is 2. The highest BCUT2D eigenvalue weighted by molar-refractivity contribution is 14.1. The van der Waals surface area contributed by atoms with Crippen LogP contribution in [0.3, 0.4) is 0 Å². The molecule has 20 heavy (non-hydrogen) atoms. The quantitative estimate of drug-likeness (QED) is 0.170. The Balaban J connectivity index is 2.89. The van der Waals surface area contributed by atoms with Crippen molar-refractivity contribution in [1.82, 2.24) is 5.32 Å². The fourth-order valence-corrected chi connectivity index (χ4v) is 2.11. The van der Waals surface area contributed by atoms with Crippen LogP contribution in [0.5, 0.6) is 0 Å².